The third-order valence-electron chi connectivity index (χ3n) is 7.15. The first-order chi connectivity index (χ1) is 15.2. The van der Waals surface area contributed by atoms with Crippen LogP contribution in [0.15, 0.2) is 12.4 Å². The van der Waals surface area contributed by atoms with Gasteiger partial charge in [0.15, 0.2) is 0 Å². The number of unbranched alkanes of at least 4 members (excludes halogenated alkanes) is 16. The highest BCUT2D eigenvalue weighted by atomic mass is 15.1. The molecule has 0 aliphatic rings. The molecule has 0 radical (unpaired) electrons. The van der Waals surface area contributed by atoms with Crippen molar-refractivity contribution >= 4 is 0 Å². The Morgan fingerprint density at radius 1 is 0.613 bits per heavy atom. The average Bonchev–Trinajstić information content (AvgIpc) is 3.27. The Morgan fingerprint density at radius 3 is 1.52 bits per heavy atom. The normalized spacial score (nSPS) is 13.5. The SMILES string of the molecule is CCCCCCCCCCCCCCCC(C)[n+]1cc[nH]c1C(C)CCCCCCC. The zero-order valence-electron chi connectivity index (χ0n) is 21.9. The second-order valence-electron chi connectivity index (χ2n) is 10.2. The van der Waals surface area contributed by atoms with E-state index in [1.165, 1.54) is 134 Å². The number of imidazole rings is 1. The van der Waals surface area contributed by atoms with Crippen LogP contribution in [-0.4, -0.2) is 4.98 Å². The van der Waals surface area contributed by atoms with Gasteiger partial charge in [0.2, 0.25) is 0 Å². The lowest BCUT2D eigenvalue weighted by Crippen LogP contribution is -2.40. The van der Waals surface area contributed by atoms with Crippen molar-refractivity contribution in [1.82, 2.24) is 4.98 Å². The minimum atomic E-state index is 0.622. The van der Waals surface area contributed by atoms with Crippen molar-refractivity contribution in [3.8, 4) is 0 Å². The molecule has 2 heteroatoms. The number of aromatic amines is 1. The molecule has 31 heavy (non-hydrogen) atoms. The summed E-state index contributed by atoms with van der Waals surface area (Å²) in [4.78, 5) is 3.55. The van der Waals surface area contributed by atoms with Gasteiger partial charge in [-0.1, -0.05) is 130 Å². The maximum absolute atomic E-state index is 3.55. The summed E-state index contributed by atoms with van der Waals surface area (Å²) in [7, 11) is 0. The third-order valence-corrected chi connectivity index (χ3v) is 7.15. The van der Waals surface area contributed by atoms with Crippen LogP contribution in [0, 0.1) is 0 Å². The molecule has 0 aliphatic carbocycles. The Bertz CT molecular complexity index is 493. The van der Waals surface area contributed by atoms with E-state index in [1.807, 2.05) is 0 Å². The molecule has 1 aromatic rings. The van der Waals surface area contributed by atoms with Crippen LogP contribution in [0.5, 0.6) is 0 Å². The quantitative estimate of drug-likeness (QED) is 0.139. The molecule has 1 N–H and O–H groups in total. The van der Waals surface area contributed by atoms with Crippen molar-refractivity contribution in [2.75, 3.05) is 0 Å². The third kappa shape index (κ3) is 14.1. The Kier molecular flexibility index (Phi) is 18.1. The average molecular weight is 434 g/mol. The molecular weight excluding hydrogens is 376 g/mol. The highest BCUT2D eigenvalue weighted by Gasteiger charge is 2.22. The van der Waals surface area contributed by atoms with Crippen LogP contribution in [0.3, 0.4) is 0 Å². The van der Waals surface area contributed by atoms with E-state index in [-0.39, 0.29) is 0 Å². The van der Waals surface area contributed by atoms with Gasteiger partial charge in [0.25, 0.3) is 5.82 Å². The summed E-state index contributed by atoms with van der Waals surface area (Å²) < 4.78 is 2.53. The molecule has 0 fully saturated rings. The Balaban J connectivity index is 2.06. The Hall–Kier alpha value is -0.790. The van der Waals surface area contributed by atoms with Crippen molar-refractivity contribution in [2.45, 2.75) is 168 Å². The van der Waals surface area contributed by atoms with E-state index in [1.54, 1.807) is 0 Å². The first-order valence-electron chi connectivity index (χ1n) is 14.3. The highest BCUT2D eigenvalue weighted by molar-refractivity contribution is 4.87. The molecule has 2 nitrogen and oxygen atoms in total. The highest BCUT2D eigenvalue weighted by Crippen LogP contribution is 2.21. The number of aromatic nitrogens is 2. The molecule has 0 aromatic carbocycles. The summed E-state index contributed by atoms with van der Waals surface area (Å²) in [5.74, 6) is 2.09. The summed E-state index contributed by atoms with van der Waals surface area (Å²) >= 11 is 0. The second-order valence-corrected chi connectivity index (χ2v) is 10.2. The summed E-state index contributed by atoms with van der Waals surface area (Å²) in [5, 5.41) is 0. The molecule has 2 unspecified atom stereocenters. The summed E-state index contributed by atoms with van der Waals surface area (Å²) in [6.45, 7) is 9.41. The molecule has 0 saturated carbocycles. The van der Waals surface area contributed by atoms with Gasteiger partial charge in [0, 0.05) is 0 Å². The van der Waals surface area contributed by atoms with Gasteiger partial charge in [-0.2, -0.15) is 0 Å². The number of hydrogen-bond donors (Lipinski definition) is 1. The molecule has 182 valence electrons. The van der Waals surface area contributed by atoms with Gasteiger partial charge in [-0.15, -0.1) is 0 Å². The van der Waals surface area contributed by atoms with Crippen LogP contribution in [0.4, 0.5) is 0 Å². The topological polar surface area (TPSA) is 19.7 Å². The zero-order valence-corrected chi connectivity index (χ0v) is 21.9. The van der Waals surface area contributed by atoms with Crippen molar-refractivity contribution < 1.29 is 4.57 Å². The van der Waals surface area contributed by atoms with Gasteiger partial charge in [0.05, 0.1) is 12.0 Å². The molecule has 0 bridgehead atoms. The molecule has 0 saturated heterocycles. The number of nitrogens with one attached hydrogen (secondary N) is 1. The number of H-pyrrole nitrogens is 1. The first-order valence-corrected chi connectivity index (χ1v) is 14.3. The molecule has 0 spiro atoms. The molecular formula is C29H57N2+. The van der Waals surface area contributed by atoms with Crippen molar-refractivity contribution in [3.05, 3.63) is 18.2 Å². The van der Waals surface area contributed by atoms with Gasteiger partial charge >= 0.3 is 0 Å². The summed E-state index contributed by atoms with van der Waals surface area (Å²) in [5.41, 5.74) is 0. The fourth-order valence-electron chi connectivity index (χ4n) is 4.93. The Morgan fingerprint density at radius 2 is 1.03 bits per heavy atom. The zero-order chi connectivity index (χ0) is 22.6. The lowest BCUT2D eigenvalue weighted by Gasteiger charge is -2.14. The van der Waals surface area contributed by atoms with E-state index in [0.29, 0.717) is 12.0 Å². The minimum absolute atomic E-state index is 0.622. The van der Waals surface area contributed by atoms with E-state index in [2.05, 4.69) is 49.6 Å². The maximum atomic E-state index is 3.55. The second kappa shape index (κ2) is 19.9. The molecule has 0 amide bonds. The summed E-state index contributed by atoms with van der Waals surface area (Å²) in [6, 6.07) is 0.622. The van der Waals surface area contributed by atoms with E-state index in [0.717, 1.165) is 0 Å². The van der Waals surface area contributed by atoms with Crippen LogP contribution in [0.25, 0.3) is 0 Å². The van der Waals surface area contributed by atoms with Gasteiger partial charge in [-0.3, -0.25) is 0 Å². The molecule has 1 aromatic heterocycles. The van der Waals surface area contributed by atoms with Crippen LogP contribution >= 0.6 is 0 Å². The van der Waals surface area contributed by atoms with Gasteiger partial charge < -0.3 is 0 Å². The van der Waals surface area contributed by atoms with E-state index in [9.17, 15) is 0 Å². The predicted octanol–water partition coefficient (Wildman–Crippen LogP) is 9.81. The largest absolute Gasteiger partial charge is 0.257 e. The van der Waals surface area contributed by atoms with Crippen molar-refractivity contribution in [3.63, 3.8) is 0 Å². The van der Waals surface area contributed by atoms with Crippen LogP contribution in [0.2, 0.25) is 0 Å². The van der Waals surface area contributed by atoms with Crippen molar-refractivity contribution in [1.29, 1.82) is 0 Å². The number of nitrogens with zero attached hydrogens (tertiary/aromatic N) is 1. The monoisotopic (exact) mass is 433 g/mol. The summed E-state index contributed by atoms with van der Waals surface area (Å²) in [6.07, 6.45) is 32.6. The number of hydrogen-bond acceptors (Lipinski definition) is 0. The first kappa shape index (κ1) is 28.2. The van der Waals surface area contributed by atoms with Gasteiger partial charge in [-0.05, 0) is 26.2 Å². The predicted molar refractivity (Wildman–Crippen MR) is 138 cm³/mol. The minimum Gasteiger partial charge on any atom is -0.247 e. The van der Waals surface area contributed by atoms with Gasteiger partial charge in [-0.25, -0.2) is 9.55 Å². The molecule has 1 heterocycles. The maximum Gasteiger partial charge on any atom is 0.257 e. The van der Waals surface area contributed by atoms with Crippen molar-refractivity contribution in [2.24, 2.45) is 0 Å². The van der Waals surface area contributed by atoms with E-state index < -0.39 is 0 Å². The van der Waals surface area contributed by atoms with Crippen LogP contribution < -0.4 is 4.57 Å². The Labute approximate surface area is 196 Å². The van der Waals surface area contributed by atoms with E-state index in [4.69, 9.17) is 0 Å². The standard InChI is InChI=1S/C29H56N2/c1-5-7-9-11-12-13-14-15-16-17-18-20-22-24-28(4)31-26-25-30-29(31)27(3)23-21-19-10-8-6-2/h25-28H,5-24H2,1-4H3/p+1. The lowest BCUT2D eigenvalue weighted by molar-refractivity contribution is -0.727. The van der Waals surface area contributed by atoms with Gasteiger partial charge in [0.1, 0.15) is 12.4 Å². The molecule has 1 rings (SSSR count). The fraction of sp³-hybridized carbons (Fsp3) is 0.897. The number of rotatable bonds is 22. The smallest absolute Gasteiger partial charge is 0.247 e. The van der Waals surface area contributed by atoms with Crippen LogP contribution in [-0.2, 0) is 0 Å². The van der Waals surface area contributed by atoms with Crippen LogP contribution in [0.1, 0.15) is 174 Å². The fourth-order valence-corrected chi connectivity index (χ4v) is 4.93. The lowest BCUT2D eigenvalue weighted by atomic mass is 10.0. The van der Waals surface area contributed by atoms with E-state index >= 15 is 0 Å². The molecule has 0 aliphatic heterocycles. The molecule has 2 atom stereocenters.